The summed E-state index contributed by atoms with van der Waals surface area (Å²) >= 11 is 1.64. The zero-order valence-electron chi connectivity index (χ0n) is 15.6. The third-order valence-corrected chi connectivity index (χ3v) is 5.68. The summed E-state index contributed by atoms with van der Waals surface area (Å²) in [5.41, 5.74) is 2.06. The quantitative estimate of drug-likeness (QED) is 0.557. The Hall–Kier alpha value is -1.93. The Bertz CT molecular complexity index is 840. The first-order chi connectivity index (χ1) is 12.3. The number of thiazole rings is 1. The topological polar surface area (TPSA) is 83.5 Å². The van der Waals surface area contributed by atoms with Crippen LogP contribution in [0.25, 0.3) is 0 Å². The van der Waals surface area contributed by atoms with Gasteiger partial charge in [-0.2, -0.15) is 0 Å². The lowest BCUT2D eigenvalue weighted by Gasteiger charge is -2.10. The minimum Gasteiger partial charge on any atom is -0.357 e. The van der Waals surface area contributed by atoms with Crippen molar-refractivity contribution in [3.63, 3.8) is 0 Å². The summed E-state index contributed by atoms with van der Waals surface area (Å²) in [5.74, 6) is 1.14. The van der Waals surface area contributed by atoms with E-state index in [4.69, 9.17) is 0 Å². The first-order valence-electron chi connectivity index (χ1n) is 8.55. The lowest BCUT2D eigenvalue weighted by molar-refractivity contribution is 0.602. The van der Waals surface area contributed by atoms with Crippen LogP contribution in [0.2, 0.25) is 0 Å². The van der Waals surface area contributed by atoms with Crippen molar-refractivity contribution >= 4 is 27.1 Å². The number of benzene rings is 1. The van der Waals surface area contributed by atoms with E-state index >= 15 is 0 Å². The van der Waals surface area contributed by atoms with Crippen molar-refractivity contribution in [3.05, 3.63) is 45.9 Å². The minimum absolute atomic E-state index is 0.319. The van der Waals surface area contributed by atoms with Crippen LogP contribution in [-0.4, -0.2) is 32.2 Å². The molecule has 0 radical (unpaired) electrons. The van der Waals surface area contributed by atoms with Crippen LogP contribution in [-0.2, 0) is 22.9 Å². The molecule has 0 amide bonds. The second kappa shape index (κ2) is 9.14. The zero-order chi connectivity index (χ0) is 19.2. The smallest absolute Gasteiger partial charge is 0.191 e. The Labute approximate surface area is 159 Å². The molecule has 0 aliphatic rings. The van der Waals surface area contributed by atoms with Crippen molar-refractivity contribution in [3.8, 4) is 0 Å². The van der Waals surface area contributed by atoms with Crippen LogP contribution in [0, 0.1) is 0 Å². The SMILES string of the molecule is CCNC(=NCc1ccc(S(C)(=O)=O)cc1)NCc1nc(C(C)C)cs1. The Kier molecular flexibility index (Phi) is 7.16. The average Bonchev–Trinajstić information content (AvgIpc) is 3.06. The number of aliphatic imine (C=N–C) groups is 1. The lowest BCUT2D eigenvalue weighted by Crippen LogP contribution is -2.36. The predicted molar refractivity (Wildman–Crippen MR) is 107 cm³/mol. The molecule has 2 rings (SSSR count). The van der Waals surface area contributed by atoms with E-state index < -0.39 is 9.84 Å². The van der Waals surface area contributed by atoms with Crippen LogP contribution in [0.15, 0.2) is 39.5 Å². The number of rotatable bonds is 7. The molecule has 0 atom stereocenters. The van der Waals surface area contributed by atoms with Crippen molar-refractivity contribution in [2.24, 2.45) is 4.99 Å². The van der Waals surface area contributed by atoms with E-state index in [1.807, 2.05) is 6.92 Å². The van der Waals surface area contributed by atoms with Gasteiger partial charge in [-0.1, -0.05) is 26.0 Å². The monoisotopic (exact) mass is 394 g/mol. The highest BCUT2D eigenvalue weighted by atomic mass is 32.2. The summed E-state index contributed by atoms with van der Waals surface area (Å²) < 4.78 is 23.0. The number of aromatic nitrogens is 1. The Morgan fingerprint density at radius 2 is 1.92 bits per heavy atom. The van der Waals surface area contributed by atoms with E-state index in [9.17, 15) is 8.42 Å². The largest absolute Gasteiger partial charge is 0.357 e. The van der Waals surface area contributed by atoms with Crippen molar-refractivity contribution in [1.29, 1.82) is 0 Å². The van der Waals surface area contributed by atoms with Gasteiger partial charge in [-0.25, -0.2) is 18.4 Å². The van der Waals surface area contributed by atoms with E-state index in [2.05, 4.69) is 39.8 Å². The third kappa shape index (κ3) is 6.10. The van der Waals surface area contributed by atoms with Crippen LogP contribution in [0.4, 0.5) is 0 Å². The highest BCUT2D eigenvalue weighted by Crippen LogP contribution is 2.17. The Morgan fingerprint density at radius 3 is 2.46 bits per heavy atom. The van der Waals surface area contributed by atoms with Crippen molar-refractivity contribution in [2.75, 3.05) is 12.8 Å². The zero-order valence-corrected chi connectivity index (χ0v) is 17.2. The molecule has 0 aliphatic carbocycles. The molecule has 1 aromatic carbocycles. The van der Waals surface area contributed by atoms with Crippen LogP contribution >= 0.6 is 11.3 Å². The molecule has 0 fully saturated rings. The average molecular weight is 395 g/mol. The summed E-state index contributed by atoms with van der Waals surface area (Å²) in [5, 5.41) is 9.61. The molecule has 0 saturated carbocycles. The van der Waals surface area contributed by atoms with Crippen LogP contribution in [0.5, 0.6) is 0 Å². The second-order valence-corrected chi connectivity index (χ2v) is 9.24. The molecule has 8 heteroatoms. The molecular formula is C18H26N4O2S2. The Balaban J connectivity index is 1.99. The van der Waals surface area contributed by atoms with Crippen molar-refractivity contribution in [2.45, 2.75) is 44.7 Å². The number of hydrogen-bond acceptors (Lipinski definition) is 5. The van der Waals surface area contributed by atoms with Gasteiger partial charge in [0.15, 0.2) is 15.8 Å². The maximum Gasteiger partial charge on any atom is 0.191 e. The van der Waals surface area contributed by atoms with Crippen LogP contribution in [0.3, 0.4) is 0 Å². The number of hydrogen-bond donors (Lipinski definition) is 2. The fraction of sp³-hybridized carbons (Fsp3) is 0.444. The van der Waals surface area contributed by atoms with Gasteiger partial charge in [-0.3, -0.25) is 0 Å². The molecule has 2 aromatic rings. The summed E-state index contributed by atoms with van der Waals surface area (Å²) in [6, 6.07) is 6.81. The van der Waals surface area contributed by atoms with E-state index in [0.717, 1.165) is 22.8 Å². The van der Waals surface area contributed by atoms with Crippen LogP contribution in [0.1, 0.15) is 43.0 Å². The maximum atomic E-state index is 11.5. The highest BCUT2D eigenvalue weighted by molar-refractivity contribution is 7.90. The predicted octanol–water partition coefficient (Wildman–Crippen LogP) is 2.93. The van der Waals surface area contributed by atoms with Gasteiger partial charge in [0.1, 0.15) is 5.01 Å². The molecule has 1 heterocycles. The van der Waals surface area contributed by atoms with Gasteiger partial charge >= 0.3 is 0 Å². The third-order valence-electron chi connectivity index (χ3n) is 3.68. The number of nitrogens with one attached hydrogen (secondary N) is 2. The summed E-state index contributed by atoms with van der Waals surface area (Å²) in [7, 11) is -3.17. The molecule has 2 N–H and O–H groups in total. The molecule has 6 nitrogen and oxygen atoms in total. The van der Waals surface area contributed by atoms with Crippen LogP contribution < -0.4 is 10.6 Å². The second-order valence-electron chi connectivity index (χ2n) is 6.29. The first-order valence-corrected chi connectivity index (χ1v) is 11.3. The molecule has 142 valence electrons. The number of guanidine groups is 1. The van der Waals surface area contributed by atoms with Crippen molar-refractivity contribution < 1.29 is 8.42 Å². The normalized spacial score (nSPS) is 12.4. The molecule has 0 aliphatic heterocycles. The van der Waals surface area contributed by atoms with Gasteiger partial charge in [-0.05, 0) is 30.5 Å². The maximum absolute atomic E-state index is 11.5. The fourth-order valence-corrected chi connectivity index (χ4v) is 3.71. The Morgan fingerprint density at radius 1 is 1.23 bits per heavy atom. The van der Waals surface area contributed by atoms with Gasteiger partial charge in [-0.15, -0.1) is 11.3 Å². The van der Waals surface area contributed by atoms with Gasteiger partial charge in [0.25, 0.3) is 0 Å². The molecule has 0 spiro atoms. The molecule has 1 aromatic heterocycles. The lowest BCUT2D eigenvalue weighted by atomic mass is 10.2. The van der Waals surface area contributed by atoms with E-state index in [0.29, 0.717) is 29.9 Å². The summed E-state index contributed by atoms with van der Waals surface area (Å²) in [6.07, 6.45) is 1.21. The molecule has 0 saturated heterocycles. The molecule has 26 heavy (non-hydrogen) atoms. The minimum atomic E-state index is -3.17. The van der Waals surface area contributed by atoms with E-state index in [1.165, 1.54) is 6.26 Å². The number of sulfone groups is 1. The first kappa shape index (κ1) is 20.4. The molecule has 0 bridgehead atoms. The summed E-state index contributed by atoms with van der Waals surface area (Å²) in [4.78, 5) is 9.48. The van der Waals surface area contributed by atoms with E-state index in [1.54, 1.807) is 35.6 Å². The van der Waals surface area contributed by atoms with Crippen molar-refractivity contribution in [1.82, 2.24) is 15.6 Å². The molecule has 0 unspecified atom stereocenters. The van der Waals surface area contributed by atoms with Gasteiger partial charge < -0.3 is 10.6 Å². The van der Waals surface area contributed by atoms with E-state index in [-0.39, 0.29) is 0 Å². The van der Waals surface area contributed by atoms with Gasteiger partial charge in [0, 0.05) is 18.2 Å². The highest BCUT2D eigenvalue weighted by Gasteiger charge is 2.07. The standard InChI is InChI=1S/C18H26N4O2S2/c1-5-19-18(21-11-17-22-16(12-25-17)13(2)3)20-10-14-6-8-15(9-7-14)26(4,23)24/h6-9,12-13H,5,10-11H2,1-4H3,(H2,19,20,21). The summed E-state index contributed by atoms with van der Waals surface area (Å²) in [6.45, 7) is 8.12. The number of nitrogens with zero attached hydrogens (tertiary/aromatic N) is 2. The molecular weight excluding hydrogens is 368 g/mol. The fourth-order valence-electron chi connectivity index (χ4n) is 2.18. The van der Waals surface area contributed by atoms with Gasteiger partial charge in [0.2, 0.25) is 0 Å². The van der Waals surface area contributed by atoms with Gasteiger partial charge in [0.05, 0.1) is 23.7 Å².